The minimum Gasteiger partial charge on any atom is -0.459 e. The summed E-state index contributed by atoms with van der Waals surface area (Å²) >= 11 is 0. The molecular weight excluding hydrogens is 652 g/mol. The van der Waals surface area contributed by atoms with Gasteiger partial charge >= 0.3 is 5.97 Å². The van der Waals surface area contributed by atoms with E-state index in [2.05, 4.69) is 0 Å². The number of aliphatic hydroxyl groups is 5. The van der Waals surface area contributed by atoms with Crippen molar-refractivity contribution in [2.75, 3.05) is 20.7 Å². The molecule has 0 aromatic rings. The van der Waals surface area contributed by atoms with Crippen molar-refractivity contribution in [2.45, 2.75) is 185 Å². The topological polar surface area (TPSA) is 203 Å². The van der Waals surface area contributed by atoms with E-state index in [4.69, 9.17) is 34.2 Å². The smallest absolute Gasteiger partial charge is 0.311 e. The molecule has 0 aromatic carbocycles. The molecule has 0 aromatic heterocycles. The number of hydrogen-bond donors (Lipinski definition) is 6. The fourth-order valence-corrected chi connectivity index (χ4v) is 8.28. The Hall–Kier alpha value is -1.01. The molecule has 18 atom stereocenters. The molecule has 3 rings (SSSR count). The van der Waals surface area contributed by atoms with Crippen LogP contribution in [0.3, 0.4) is 0 Å². The SMILES string of the molecule is CCC1OC(=O)C(C)C(OC2C[C@@](C)(OC)C(O)C(C)O2)C(C)C(OC2OC(C)CC(N)C2O)[C@](C)(O)CC(C)CN(C)C(C)C(O)[C@]1(C)O. The van der Waals surface area contributed by atoms with E-state index >= 15 is 0 Å². The van der Waals surface area contributed by atoms with Crippen LogP contribution < -0.4 is 5.73 Å². The Morgan fingerprint density at radius 1 is 0.960 bits per heavy atom. The Kier molecular flexibility index (Phi) is 14.7. The van der Waals surface area contributed by atoms with Gasteiger partial charge in [-0.2, -0.15) is 0 Å². The molecule has 3 heterocycles. The Bertz CT molecular complexity index is 1100. The molecule has 0 aliphatic carbocycles. The zero-order valence-electron chi connectivity index (χ0n) is 32.3. The molecule has 14 nitrogen and oxygen atoms in total. The molecule has 3 aliphatic rings. The molecule has 294 valence electrons. The summed E-state index contributed by atoms with van der Waals surface area (Å²) in [6, 6.07) is -1.17. The molecule has 14 heteroatoms. The maximum absolute atomic E-state index is 14.1. The number of esters is 1. The third-order valence-corrected chi connectivity index (χ3v) is 11.6. The van der Waals surface area contributed by atoms with E-state index in [9.17, 15) is 30.3 Å². The number of methoxy groups -OCH3 is 1. The van der Waals surface area contributed by atoms with Crippen molar-refractivity contribution in [3.63, 3.8) is 0 Å². The van der Waals surface area contributed by atoms with Crippen LogP contribution >= 0.6 is 0 Å². The average molecular weight is 721 g/mol. The summed E-state index contributed by atoms with van der Waals surface area (Å²) < 4.78 is 37.0. The summed E-state index contributed by atoms with van der Waals surface area (Å²) in [5.41, 5.74) is 1.86. The van der Waals surface area contributed by atoms with Crippen LogP contribution in [0.2, 0.25) is 0 Å². The number of carbonyl (C=O) groups excluding carboxylic acids is 1. The maximum Gasteiger partial charge on any atom is 0.311 e. The highest BCUT2D eigenvalue weighted by Gasteiger charge is 2.52. The molecule has 0 radical (unpaired) electrons. The number of cyclic esters (lactones) is 1. The Morgan fingerprint density at radius 3 is 2.16 bits per heavy atom. The minimum absolute atomic E-state index is 0.123. The molecule has 15 unspecified atom stereocenters. The molecule has 0 amide bonds. The lowest BCUT2D eigenvalue weighted by atomic mass is 9.77. The summed E-state index contributed by atoms with van der Waals surface area (Å²) in [5, 5.41) is 57.4. The fourth-order valence-electron chi connectivity index (χ4n) is 8.28. The van der Waals surface area contributed by atoms with E-state index in [0.717, 1.165) is 0 Å². The van der Waals surface area contributed by atoms with E-state index in [1.165, 1.54) is 14.0 Å². The molecule has 0 bridgehead atoms. The summed E-state index contributed by atoms with van der Waals surface area (Å²) in [5.74, 6) is -2.64. The summed E-state index contributed by atoms with van der Waals surface area (Å²) in [4.78, 5) is 16.0. The zero-order valence-corrected chi connectivity index (χ0v) is 32.3. The quantitative estimate of drug-likeness (QED) is 0.214. The lowest BCUT2D eigenvalue weighted by molar-refractivity contribution is -0.315. The third-order valence-electron chi connectivity index (χ3n) is 11.6. The molecule has 0 spiro atoms. The molecule has 3 aliphatic heterocycles. The van der Waals surface area contributed by atoms with E-state index < -0.39 is 102 Å². The molecule has 0 saturated carbocycles. The lowest BCUT2D eigenvalue weighted by Crippen LogP contribution is -2.60. The first kappa shape index (κ1) is 43.4. The monoisotopic (exact) mass is 720 g/mol. The van der Waals surface area contributed by atoms with Crippen LogP contribution in [-0.4, -0.2) is 147 Å². The number of hydrogen-bond acceptors (Lipinski definition) is 14. The first-order chi connectivity index (χ1) is 23.0. The number of ether oxygens (including phenoxy) is 6. The highest BCUT2D eigenvalue weighted by molar-refractivity contribution is 5.73. The van der Waals surface area contributed by atoms with Crippen molar-refractivity contribution < 1.29 is 58.7 Å². The number of aliphatic hydroxyl groups excluding tert-OH is 3. The molecule has 3 saturated heterocycles. The van der Waals surface area contributed by atoms with Gasteiger partial charge in [0.05, 0.1) is 41.5 Å². The van der Waals surface area contributed by atoms with E-state index in [-0.39, 0.29) is 31.3 Å². The van der Waals surface area contributed by atoms with Gasteiger partial charge < -0.3 is 64.6 Å². The normalized spacial score (nSPS) is 51.0. The van der Waals surface area contributed by atoms with Gasteiger partial charge in [-0.3, -0.25) is 4.79 Å². The Labute approximate surface area is 298 Å². The van der Waals surface area contributed by atoms with Gasteiger partial charge in [-0.05, 0) is 80.7 Å². The first-order valence-corrected chi connectivity index (χ1v) is 18.3. The van der Waals surface area contributed by atoms with Crippen molar-refractivity contribution in [3.8, 4) is 0 Å². The number of nitrogens with two attached hydrogens (primary N) is 1. The lowest BCUT2D eigenvalue weighted by Gasteiger charge is -2.48. The van der Waals surface area contributed by atoms with E-state index in [1.54, 1.807) is 48.5 Å². The third kappa shape index (κ3) is 9.55. The minimum atomic E-state index is -1.80. The average Bonchev–Trinajstić information content (AvgIpc) is 3.03. The van der Waals surface area contributed by atoms with Crippen LogP contribution in [0.15, 0.2) is 0 Å². The second-order valence-corrected chi connectivity index (χ2v) is 16.3. The van der Waals surface area contributed by atoms with E-state index in [0.29, 0.717) is 13.0 Å². The van der Waals surface area contributed by atoms with Crippen molar-refractivity contribution in [2.24, 2.45) is 23.5 Å². The number of carbonyl (C=O) groups is 1. The molecule has 50 heavy (non-hydrogen) atoms. The van der Waals surface area contributed by atoms with Gasteiger partial charge in [0, 0.05) is 38.1 Å². The number of likely N-dealkylation sites (N-methyl/N-ethyl adjacent to an activating group) is 1. The largest absolute Gasteiger partial charge is 0.459 e. The van der Waals surface area contributed by atoms with Gasteiger partial charge in [-0.15, -0.1) is 0 Å². The van der Waals surface area contributed by atoms with Crippen LogP contribution in [0.1, 0.15) is 94.9 Å². The predicted molar refractivity (Wildman–Crippen MR) is 185 cm³/mol. The van der Waals surface area contributed by atoms with E-state index in [1.807, 2.05) is 25.8 Å². The highest BCUT2D eigenvalue weighted by atomic mass is 16.7. The fraction of sp³-hybridized carbons (Fsp3) is 0.972. The summed E-state index contributed by atoms with van der Waals surface area (Å²) in [6.45, 7) is 17.8. The Morgan fingerprint density at radius 2 is 1.58 bits per heavy atom. The van der Waals surface area contributed by atoms with Crippen molar-refractivity contribution in [1.82, 2.24) is 4.90 Å². The second-order valence-electron chi connectivity index (χ2n) is 16.3. The number of nitrogens with zero attached hydrogens (tertiary/aromatic N) is 1. The Balaban J connectivity index is 2.16. The van der Waals surface area contributed by atoms with Gasteiger partial charge in [0.1, 0.15) is 30.0 Å². The highest BCUT2D eigenvalue weighted by Crippen LogP contribution is 2.40. The summed E-state index contributed by atoms with van der Waals surface area (Å²) in [7, 11) is 3.32. The molecule has 7 N–H and O–H groups in total. The van der Waals surface area contributed by atoms with Crippen LogP contribution in [0, 0.1) is 17.8 Å². The predicted octanol–water partition coefficient (Wildman–Crippen LogP) is 1.30. The summed E-state index contributed by atoms with van der Waals surface area (Å²) in [6.07, 6.45) is -8.74. The number of rotatable bonds is 6. The van der Waals surface area contributed by atoms with Gasteiger partial charge in [-0.1, -0.05) is 20.8 Å². The van der Waals surface area contributed by atoms with Crippen molar-refractivity contribution in [3.05, 3.63) is 0 Å². The van der Waals surface area contributed by atoms with Gasteiger partial charge in [0.25, 0.3) is 0 Å². The first-order valence-electron chi connectivity index (χ1n) is 18.3. The van der Waals surface area contributed by atoms with Crippen molar-refractivity contribution in [1.29, 1.82) is 0 Å². The van der Waals surface area contributed by atoms with Gasteiger partial charge in [-0.25, -0.2) is 0 Å². The van der Waals surface area contributed by atoms with Gasteiger partial charge in [0.15, 0.2) is 12.6 Å². The second kappa shape index (κ2) is 17.0. The van der Waals surface area contributed by atoms with Gasteiger partial charge in [0.2, 0.25) is 0 Å². The maximum atomic E-state index is 14.1. The molecule has 3 fully saturated rings. The van der Waals surface area contributed by atoms with Crippen LogP contribution in [0.25, 0.3) is 0 Å². The van der Waals surface area contributed by atoms with Crippen molar-refractivity contribution >= 4 is 5.97 Å². The van der Waals surface area contributed by atoms with Crippen LogP contribution in [0.4, 0.5) is 0 Å². The zero-order chi connectivity index (χ0) is 38.1. The molecular formula is C36H68N2O12. The van der Waals surface area contributed by atoms with Crippen LogP contribution in [-0.2, 0) is 33.2 Å². The standard InChI is InChI=1S/C36H68N2O12/c1-13-25-36(10,44)29(40)22(6)38(11)17-18(2)15-34(8,43)31(50-33-27(39)24(37)14-19(3)46-33)20(4)28(21(5)32(42)48-25)49-26-16-35(9,45-12)30(41)23(7)47-26/h18-31,33,39-41,43-44H,13-17,37H2,1-12H3/t18?,19?,20?,21?,22?,23?,24?,25?,26?,27?,28?,29?,30?,31?,33?,34-,35-,36-/m1/s1. The van der Waals surface area contributed by atoms with Crippen LogP contribution in [0.5, 0.6) is 0 Å².